The van der Waals surface area contributed by atoms with Crippen molar-refractivity contribution in [1.82, 2.24) is 0 Å². The summed E-state index contributed by atoms with van der Waals surface area (Å²) in [4.78, 5) is 24.5. The molecule has 1 aromatic carbocycles. The van der Waals surface area contributed by atoms with Crippen molar-refractivity contribution >= 4 is 28.9 Å². The summed E-state index contributed by atoms with van der Waals surface area (Å²) in [6.07, 6.45) is 2.62. The van der Waals surface area contributed by atoms with E-state index in [0.717, 1.165) is 24.8 Å². The molecule has 3 rings (SSSR count). The van der Waals surface area contributed by atoms with Gasteiger partial charge in [0.25, 0.3) is 0 Å². The molecule has 0 unspecified atom stereocenters. The molecular formula is C13H13ClN2O3. The molecule has 2 bridgehead atoms. The fourth-order valence-electron chi connectivity index (χ4n) is 3.19. The molecule has 0 spiro atoms. The lowest BCUT2D eigenvalue weighted by Crippen LogP contribution is -2.37. The second-order valence-corrected chi connectivity index (χ2v) is 5.65. The molecule has 0 N–H and O–H groups in total. The van der Waals surface area contributed by atoms with Gasteiger partial charge in [0.2, 0.25) is 5.91 Å². The van der Waals surface area contributed by atoms with E-state index >= 15 is 0 Å². The number of hydrogen-bond donors (Lipinski definition) is 0. The molecule has 1 heterocycles. The highest BCUT2D eigenvalue weighted by molar-refractivity contribution is 6.33. The number of nitro benzene ring substituents is 1. The fourth-order valence-corrected chi connectivity index (χ4v) is 3.53. The van der Waals surface area contributed by atoms with Crippen LogP contribution in [0.2, 0.25) is 5.02 Å². The lowest BCUT2D eigenvalue weighted by atomic mass is 10.1. The summed E-state index contributed by atoms with van der Waals surface area (Å²) < 4.78 is 0. The summed E-state index contributed by atoms with van der Waals surface area (Å²) in [7, 11) is 0. The molecule has 6 heteroatoms. The van der Waals surface area contributed by atoms with E-state index < -0.39 is 4.92 Å². The summed E-state index contributed by atoms with van der Waals surface area (Å²) >= 11 is 5.98. The maximum atomic E-state index is 12.2. The van der Waals surface area contributed by atoms with Crippen LogP contribution in [-0.4, -0.2) is 16.9 Å². The summed E-state index contributed by atoms with van der Waals surface area (Å²) in [5.41, 5.74) is 1.02. The first-order valence-electron chi connectivity index (χ1n) is 6.26. The molecule has 1 aliphatic carbocycles. The van der Waals surface area contributed by atoms with Crippen molar-refractivity contribution in [1.29, 1.82) is 0 Å². The number of hydrogen-bond acceptors (Lipinski definition) is 3. The van der Waals surface area contributed by atoms with E-state index in [1.54, 1.807) is 17.0 Å². The molecule has 1 amide bonds. The number of rotatable bonds is 2. The number of aryl methyl sites for hydroxylation is 1. The van der Waals surface area contributed by atoms with Crippen molar-refractivity contribution in [3.8, 4) is 0 Å². The minimum Gasteiger partial charge on any atom is -0.303 e. The number of anilines is 1. The second kappa shape index (κ2) is 4.20. The Morgan fingerprint density at radius 2 is 2.16 bits per heavy atom. The monoisotopic (exact) mass is 280 g/mol. The van der Waals surface area contributed by atoms with E-state index in [0.29, 0.717) is 5.69 Å². The van der Waals surface area contributed by atoms with Crippen LogP contribution in [-0.2, 0) is 4.79 Å². The number of fused-ring (bicyclic) bond motifs is 2. The van der Waals surface area contributed by atoms with Gasteiger partial charge in [-0.1, -0.05) is 11.6 Å². The maximum Gasteiger partial charge on any atom is 0.311 e. The molecule has 1 aliphatic heterocycles. The SMILES string of the molecule is Cc1cc(Cl)c([N+](=O)[O-])c(N2C(=O)[C@@H]3CC[C@H]2C3)c1. The van der Waals surface area contributed by atoms with Crippen molar-refractivity contribution < 1.29 is 9.72 Å². The molecule has 0 radical (unpaired) electrons. The first-order chi connectivity index (χ1) is 8.99. The third-order valence-electron chi connectivity index (χ3n) is 3.99. The molecule has 19 heavy (non-hydrogen) atoms. The van der Waals surface area contributed by atoms with E-state index in [1.165, 1.54) is 0 Å². The van der Waals surface area contributed by atoms with E-state index in [4.69, 9.17) is 11.6 Å². The van der Waals surface area contributed by atoms with E-state index in [-0.39, 0.29) is 28.6 Å². The molecule has 2 aliphatic rings. The Morgan fingerprint density at radius 3 is 2.74 bits per heavy atom. The summed E-state index contributed by atoms with van der Waals surface area (Å²) in [6, 6.07) is 3.33. The third-order valence-corrected chi connectivity index (χ3v) is 4.27. The molecular weight excluding hydrogens is 268 g/mol. The van der Waals surface area contributed by atoms with Gasteiger partial charge < -0.3 is 4.90 Å². The average molecular weight is 281 g/mol. The van der Waals surface area contributed by atoms with Gasteiger partial charge in [-0.3, -0.25) is 14.9 Å². The maximum absolute atomic E-state index is 12.2. The highest BCUT2D eigenvalue weighted by Gasteiger charge is 2.47. The van der Waals surface area contributed by atoms with Crippen molar-refractivity contribution in [2.24, 2.45) is 5.92 Å². The van der Waals surface area contributed by atoms with E-state index in [2.05, 4.69) is 0 Å². The van der Waals surface area contributed by atoms with Crippen LogP contribution in [0.1, 0.15) is 24.8 Å². The Labute approximate surface area is 115 Å². The van der Waals surface area contributed by atoms with Crippen LogP contribution < -0.4 is 4.90 Å². The fraction of sp³-hybridized carbons (Fsp3) is 0.462. The van der Waals surface area contributed by atoms with E-state index in [1.807, 2.05) is 6.92 Å². The highest BCUT2D eigenvalue weighted by atomic mass is 35.5. The number of carbonyl (C=O) groups excluding carboxylic acids is 1. The predicted molar refractivity (Wildman–Crippen MR) is 71.5 cm³/mol. The summed E-state index contributed by atoms with van der Waals surface area (Å²) in [5, 5.41) is 11.3. The first kappa shape index (κ1) is 12.4. The Bertz CT molecular complexity index is 587. The average Bonchev–Trinajstić information content (AvgIpc) is 2.87. The zero-order chi connectivity index (χ0) is 13.7. The molecule has 1 saturated carbocycles. The number of carbonyl (C=O) groups is 1. The third kappa shape index (κ3) is 1.80. The lowest BCUT2D eigenvalue weighted by Gasteiger charge is -2.27. The number of halogens is 1. The van der Waals surface area contributed by atoms with Crippen molar-refractivity contribution in [2.45, 2.75) is 32.2 Å². The highest BCUT2D eigenvalue weighted by Crippen LogP contribution is 2.46. The molecule has 100 valence electrons. The van der Waals surface area contributed by atoms with Crippen LogP contribution in [0.25, 0.3) is 0 Å². The number of nitrogens with zero attached hydrogens (tertiary/aromatic N) is 2. The lowest BCUT2D eigenvalue weighted by molar-refractivity contribution is -0.384. The molecule has 1 saturated heterocycles. The van der Waals surface area contributed by atoms with Crippen LogP contribution in [0.4, 0.5) is 11.4 Å². The smallest absolute Gasteiger partial charge is 0.303 e. The second-order valence-electron chi connectivity index (χ2n) is 5.24. The van der Waals surface area contributed by atoms with Gasteiger partial charge in [0.05, 0.1) is 4.92 Å². The van der Waals surface area contributed by atoms with Gasteiger partial charge >= 0.3 is 5.69 Å². The zero-order valence-corrected chi connectivity index (χ0v) is 11.2. The van der Waals surface area contributed by atoms with Gasteiger partial charge in [0, 0.05) is 12.0 Å². The Hall–Kier alpha value is -1.62. The Balaban J connectivity index is 2.15. The zero-order valence-electron chi connectivity index (χ0n) is 10.4. The van der Waals surface area contributed by atoms with Gasteiger partial charge in [0.15, 0.2) is 0 Å². The van der Waals surface area contributed by atoms with Crippen molar-refractivity contribution in [3.63, 3.8) is 0 Å². The van der Waals surface area contributed by atoms with E-state index in [9.17, 15) is 14.9 Å². The summed E-state index contributed by atoms with van der Waals surface area (Å²) in [5.74, 6) is 0.0323. The number of nitro groups is 1. The molecule has 2 fully saturated rings. The standard InChI is InChI=1S/C13H13ClN2O3/c1-7-4-10(14)12(16(18)19)11(5-7)15-9-3-2-8(6-9)13(15)17/h4-5,8-9H,2-3,6H2,1H3/t8-,9+/m1/s1. The topological polar surface area (TPSA) is 63.5 Å². The molecule has 1 aromatic rings. The predicted octanol–water partition coefficient (Wildman–Crippen LogP) is 3.07. The van der Waals surface area contributed by atoms with Crippen molar-refractivity contribution in [2.75, 3.05) is 4.90 Å². The minimum atomic E-state index is -0.504. The Morgan fingerprint density at radius 1 is 1.42 bits per heavy atom. The van der Waals surface area contributed by atoms with Gasteiger partial charge in [-0.25, -0.2) is 0 Å². The largest absolute Gasteiger partial charge is 0.311 e. The van der Waals surface area contributed by atoms with Crippen LogP contribution in [0.15, 0.2) is 12.1 Å². The number of piperidine rings is 1. The molecule has 0 aromatic heterocycles. The normalized spacial score (nSPS) is 25.2. The van der Waals surface area contributed by atoms with Crippen molar-refractivity contribution in [3.05, 3.63) is 32.8 Å². The first-order valence-corrected chi connectivity index (χ1v) is 6.64. The van der Waals surface area contributed by atoms with Crippen LogP contribution >= 0.6 is 11.6 Å². The van der Waals surface area contributed by atoms with Gasteiger partial charge in [0.1, 0.15) is 10.7 Å². The van der Waals surface area contributed by atoms with Gasteiger partial charge in [-0.05, 0) is 43.9 Å². The number of amides is 1. The summed E-state index contributed by atoms with van der Waals surface area (Å²) in [6.45, 7) is 1.82. The molecule has 5 nitrogen and oxygen atoms in total. The van der Waals surface area contributed by atoms with Gasteiger partial charge in [-0.2, -0.15) is 0 Å². The Kier molecular flexibility index (Phi) is 2.74. The van der Waals surface area contributed by atoms with Crippen LogP contribution in [0.5, 0.6) is 0 Å². The van der Waals surface area contributed by atoms with Crippen LogP contribution in [0.3, 0.4) is 0 Å². The number of benzene rings is 1. The minimum absolute atomic E-state index is 0.000941. The van der Waals surface area contributed by atoms with Crippen LogP contribution in [0, 0.1) is 23.0 Å². The quantitative estimate of drug-likeness (QED) is 0.618. The van der Waals surface area contributed by atoms with Gasteiger partial charge in [-0.15, -0.1) is 0 Å². The molecule has 2 atom stereocenters.